The second kappa shape index (κ2) is 8.53. The fourth-order valence-electron chi connectivity index (χ4n) is 1.44. The molecule has 1 rings (SSSR count). The SMILES string of the molecule is COC(=O)c1ccc(OCCOCCC(C)C)cc1. The average molecular weight is 266 g/mol. The van der Waals surface area contributed by atoms with Crippen LogP contribution in [-0.2, 0) is 9.47 Å². The van der Waals surface area contributed by atoms with Gasteiger partial charge in [0.1, 0.15) is 12.4 Å². The molecule has 0 saturated carbocycles. The van der Waals surface area contributed by atoms with E-state index in [1.54, 1.807) is 24.3 Å². The summed E-state index contributed by atoms with van der Waals surface area (Å²) in [7, 11) is 1.36. The van der Waals surface area contributed by atoms with Crippen molar-refractivity contribution in [1.29, 1.82) is 0 Å². The molecule has 1 aromatic rings. The van der Waals surface area contributed by atoms with Crippen molar-refractivity contribution in [3.63, 3.8) is 0 Å². The van der Waals surface area contributed by atoms with E-state index in [1.807, 2.05) is 0 Å². The molecule has 0 aliphatic carbocycles. The molecule has 0 spiro atoms. The fraction of sp³-hybridized carbons (Fsp3) is 0.533. The highest BCUT2D eigenvalue weighted by Crippen LogP contribution is 2.12. The Kier molecular flexibility index (Phi) is 6.97. The lowest BCUT2D eigenvalue weighted by Gasteiger charge is -2.08. The quantitative estimate of drug-likeness (QED) is 0.536. The smallest absolute Gasteiger partial charge is 0.337 e. The molecule has 0 bridgehead atoms. The maximum atomic E-state index is 11.2. The first-order valence-corrected chi connectivity index (χ1v) is 6.52. The Morgan fingerprint density at radius 1 is 1.11 bits per heavy atom. The molecule has 0 fully saturated rings. The highest BCUT2D eigenvalue weighted by molar-refractivity contribution is 5.89. The summed E-state index contributed by atoms with van der Waals surface area (Å²) in [6, 6.07) is 6.86. The van der Waals surface area contributed by atoms with Crippen LogP contribution in [-0.4, -0.2) is 32.9 Å². The summed E-state index contributed by atoms with van der Waals surface area (Å²) < 4.78 is 15.6. The number of carbonyl (C=O) groups is 1. The van der Waals surface area contributed by atoms with Gasteiger partial charge in [-0.05, 0) is 36.6 Å². The summed E-state index contributed by atoms with van der Waals surface area (Å²) in [6.45, 7) is 6.19. The van der Waals surface area contributed by atoms with Gasteiger partial charge in [-0.25, -0.2) is 4.79 Å². The van der Waals surface area contributed by atoms with Gasteiger partial charge in [-0.1, -0.05) is 13.8 Å². The first-order valence-electron chi connectivity index (χ1n) is 6.52. The van der Waals surface area contributed by atoms with Crippen molar-refractivity contribution in [2.24, 2.45) is 5.92 Å². The Labute approximate surface area is 114 Å². The van der Waals surface area contributed by atoms with E-state index in [2.05, 4.69) is 18.6 Å². The van der Waals surface area contributed by atoms with E-state index in [0.717, 1.165) is 18.8 Å². The van der Waals surface area contributed by atoms with Crippen LogP contribution in [0.1, 0.15) is 30.6 Å². The van der Waals surface area contributed by atoms with Crippen LogP contribution in [0, 0.1) is 5.92 Å². The minimum Gasteiger partial charge on any atom is -0.491 e. The zero-order valence-electron chi connectivity index (χ0n) is 11.8. The van der Waals surface area contributed by atoms with Gasteiger partial charge in [0, 0.05) is 6.61 Å². The summed E-state index contributed by atoms with van der Waals surface area (Å²) in [6.07, 6.45) is 1.06. The van der Waals surface area contributed by atoms with Crippen molar-refractivity contribution in [1.82, 2.24) is 0 Å². The maximum Gasteiger partial charge on any atom is 0.337 e. The van der Waals surface area contributed by atoms with Gasteiger partial charge in [0.05, 0.1) is 19.3 Å². The number of hydrogen-bond acceptors (Lipinski definition) is 4. The molecule has 4 heteroatoms. The van der Waals surface area contributed by atoms with E-state index in [9.17, 15) is 4.79 Å². The molecule has 0 unspecified atom stereocenters. The number of ether oxygens (including phenoxy) is 3. The van der Waals surface area contributed by atoms with Crippen molar-refractivity contribution in [2.45, 2.75) is 20.3 Å². The molecule has 0 radical (unpaired) electrons. The molecule has 0 amide bonds. The van der Waals surface area contributed by atoms with Crippen LogP contribution in [0.15, 0.2) is 24.3 Å². The van der Waals surface area contributed by atoms with E-state index >= 15 is 0 Å². The molecule has 0 atom stereocenters. The van der Waals surface area contributed by atoms with Gasteiger partial charge in [0.25, 0.3) is 0 Å². The fourth-order valence-corrected chi connectivity index (χ4v) is 1.44. The number of benzene rings is 1. The Morgan fingerprint density at radius 2 is 1.79 bits per heavy atom. The van der Waals surface area contributed by atoms with Crippen LogP contribution in [0.25, 0.3) is 0 Å². The lowest BCUT2D eigenvalue weighted by Crippen LogP contribution is -2.08. The van der Waals surface area contributed by atoms with Crippen molar-refractivity contribution in [3.8, 4) is 5.75 Å². The second-order valence-electron chi connectivity index (χ2n) is 4.66. The highest BCUT2D eigenvalue weighted by Gasteiger charge is 2.04. The molecule has 106 valence electrons. The predicted octanol–water partition coefficient (Wildman–Crippen LogP) is 2.91. The number of hydrogen-bond donors (Lipinski definition) is 0. The normalized spacial score (nSPS) is 10.5. The zero-order chi connectivity index (χ0) is 14.1. The summed E-state index contributed by atoms with van der Waals surface area (Å²) in [5.74, 6) is 1.04. The number of carbonyl (C=O) groups excluding carboxylic acids is 1. The number of methoxy groups -OCH3 is 1. The molecule has 0 aliphatic heterocycles. The minimum absolute atomic E-state index is 0.344. The Hall–Kier alpha value is -1.55. The third-order valence-electron chi connectivity index (χ3n) is 2.61. The molecule has 0 aliphatic rings. The van der Waals surface area contributed by atoms with Crippen molar-refractivity contribution < 1.29 is 19.0 Å². The predicted molar refractivity (Wildman–Crippen MR) is 73.6 cm³/mol. The van der Waals surface area contributed by atoms with E-state index < -0.39 is 0 Å². The minimum atomic E-state index is -0.344. The molecular weight excluding hydrogens is 244 g/mol. The maximum absolute atomic E-state index is 11.2. The highest BCUT2D eigenvalue weighted by atomic mass is 16.5. The van der Waals surface area contributed by atoms with Crippen LogP contribution >= 0.6 is 0 Å². The third kappa shape index (κ3) is 6.25. The summed E-state index contributed by atoms with van der Waals surface area (Å²) in [5, 5.41) is 0. The number of esters is 1. The van der Waals surface area contributed by atoms with Gasteiger partial charge < -0.3 is 14.2 Å². The van der Waals surface area contributed by atoms with Gasteiger partial charge in [-0.2, -0.15) is 0 Å². The first kappa shape index (κ1) is 15.5. The molecule has 0 saturated heterocycles. The van der Waals surface area contributed by atoms with E-state index in [1.165, 1.54) is 7.11 Å². The molecule has 19 heavy (non-hydrogen) atoms. The third-order valence-corrected chi connectivity index (χ3v) is 2.61. The molecule has 1 aromatic carbocycles. The second-order valence-corrected chi connectivity index (χ2v) is 4.66. The van der Waals surface area contributed by atoms with E-state index in [0.29, 0.717) is 24.7 Å². The average Bonchev–Trinajstić information content (AvgIpc) is 2.42. The molecule has 0 aromatic heterocycles. The van der Waals surface area contributed by atoms with Gasteiger partial charge in [0.15, 0.2) is 0 Å². The largest absolute Gasteiger partial charge is 0.491 e. The Bertz CT molecular complexity index is 370. The van der Waals surface area contributed by atoms with E-state index in [-0.39, 0.29) is 5.97 Å². The lowest BCUT2D eigenvalue weighted by molar-refractivity contribution is 0.0600. The van der Waals surface area contributed by atoms with Crippen LogP contribution in [0.2, 0.25) is 0 Å². The zero-order valence-corrected chi connectivity index (χ0v) is 11.8. The Morgan fingerprint density at radius 3 is 2.37 bits per heavy atom. The monoisotopic (exact) mass is 266 g/mol. The molecular formula is C15H22O4. The van der Waals surface area contributed by atoms with Crippen molar-refractivity contribution in [2.75, 3.05) is 26.9 Å². The molecule has 0 N–H and O–H groups in total. The van der Waals surface area contributed by atoms with E-state index in [4.69, 9.17) is 9.47 Å². The molecule has 4 nitrogen and oxygen atoms in total. The van der Waals surface area contributed by atoms with Gasteiger partial charge in [0.2, 0.25) is 0 Å². The van der Waals surface area contributed by atoms with Crippen molar-refractivity contribution >= 4 is 5.97 Å². The number of rotatable bonds is 8. The van der Waals surface area contributed by atoms with Crippen LogP contribution in [0.3, 0.4) is 0 Å². The topological polar surface area (TPSA) is 44.8 Å². The summed E-state index contributed by atoms with van der Waals surface area (Å²) >= 11 is 0. The Balaban J connectivity index is 2.21. The first-order chi connectivity index (χ1) is 9.13. The van der Waals surface area contributed by atoms with Gasteiger partial charge in [-0.3, -0.25) is 0 Å². The van der Waals surface area contributed by atoms with Crippen LogP contribution in [0.4, 0.5) is 0 Å². The van der Waals surface area contributed by atoms with Gasteiger partial charge >= 0.3 is 5.97 Å². The molecule has 0 heterocycles. The van der Waals surface area contributed by atoms with Crippen LogP contribution < -0.4 is 4.74 Å². The van der Waals surface area contributed by atoms with Crippen molar-refractivity contribution in [3.05, 3.63) is 29.8 Å². The summed E-state index contributed by atoms with van der Waals surface area (Å²) in [5.41, 5.74) is 0.517. The van der Waals surface area contributed by atoms with Crippen LogP contribution in [0.5, 0.6) is 5.75 Å². The standard InChI is InChI=1S/C15H22O4/c1-12(2)8-9-18-10-11-19-14-6-4-13(5-7-14)15(16)17-3/h4-7,12H,8-11H2,1-3H3. The lowest BCUT2D eigenvalue weighted by atomic mass is 10.1. The van der Waals surface area contributed by atoms with Gasteiger partial charge in [-0.15, -0.1) is 0 Å². The summed E-state index contributed by atoms with van der Waals surface area (Å²) in [4.78, 5) is 11.2.